The lowest BCUT2D eigenvalue weighted by Gasteiger charge is -2.14. The molecule has 4 heteroatoms. The number of ether oxygens (including phenoxy) is 1. The molecule has 23 heavy (non-hydrogen) atoms. The van der Waals surface area contributed by atoms with Crippen LogP contribution in [0.1, 0.15) is 28.5 Å². The molecule has 1 atom stereocenters. The van der Waals surface area contributed by atoms with E-state index < -0.39 is 6.10 Å². The molecule has 0 saturated carbocycles. The Kier molecular flexibility index (Phi) is 3.86. The van der Waals surface area contributed by atoms with Gasteiger partial charge in [-0.15, -0.1) is 0 Å². The molecule has 1 heterocycles. The first-order valence-corrected chi connectivity index (χ1v) is 7.39. The Labute approximate surface area is 134 Å². The maximum absolute atomic E-state index is 12.8. The lowest BCUT2D eigenvalue weighted by atomic mass is 10.0. The molecule has 3 rings (SSSR count). The van der Waals surface area contributed by atoms with E-state index in [1.165, 1.54) is 0 Å². The van der Waals surface area contributed by atoms with Crippen molar-refractivity contribution in [1.82, 2.24) is 4.98 Å². The number of H-pyrrole nitrogens is 1. The normalized spacial score (nSPS) is 11.9. The standard InChI is InChI=1S/C19H16N2O2/c1-12-18(15-8-4-5-9-16(15)21-12)19(22)13(2)23-17-10-6-3-7-14(17)11-20/h3-10,13,21H,1-2H3/t13-/m1/s1. The summed E-state index contributed by atoms with van der Waals surface area (Å²) in [5.74, 6) is 0.320. The molecular formula is C19H16N2O2. The van der Waals surface area contributed by atoms with Gasteiger partial charge in [0.2, 0.25) is 5.78 Å². The van der Waals surface area contributed by atoms with E-state index in [9.17, 15) is 4.79 Å². The predicted molar refractivity (Wildman–Crippen MR) is 88.6 cm³/mol. The summed E-state index contributed by atoms with van der Waals surface area (Å²) < 4.78 is 5.74. The number of nitriles is 1. The second kappa shape index (κ2) is 5.98. The highest BCUT2D eigenvalue weighted by Gasteiger charge is 2.23. The molecule has 4 nitrogen and oxygen atoms in total. The van der Waals surface area contributed by atoms with Crippen LogP contribution in [-0.2, 0) is 0 Å². The van der Waals surface area contributed by atoms with Gasteiger partial charge < -0.3 is 9.72 Å². The van der Waals surface area contributed by atoms with Gasteiger partial charge in [-0.2, -0.15) is 5.26 Å². The molecule has 0 aliphatic heterocycles. The number of carbonyl (C=O) groups is 1. The van der Waals surface area contributed by atoms with Crippen LogP contribution in [0.4, 0.5) is 0 Å². The Morgan fingerprint density at radius 3 is 2.65 bits per heavy atom. The number of nitrogens with one attached hydrogen (secondary N) is 1. The monoisotopic (exact) mass is 304 g/mol. The number of aryl methyl sites for hydroxylation is 1. The second-order valence-electron chi connectivity index (χ2n) is 5.40. The molecular weight excluding hydrogens is 288 g/mol. The second-order valence-corrected chi connectivity index (χ2v) is 5.40. The molecule has 0 radical (unpaired) electrons. The quantitative estimate of drug-likeness (QED) is 0.741. The number of carbonyl (C=O) groups excluding carboxylic acids is 1. The molecule has 2 aromatic carbocycles. The summed E-state index contributed by atoms with van der Waals surface area (Å²) in [6, 6.07) is 16.7. The van der Waals surface area contributed by atoms with Crippen molar-refractivity contribution in [2.45, 2.75) is 20.0 Å². The van der Waals surface area contributed by atoms with Crippen molar-refractivity contribution in [2.75, 3.05) is 0 Å². The zero-order valence-corrected chi connectivity index (χ0v) is 13.0. The van der Waals surface area contributed by atoms with Gasteiger partial charge >= 0.3 is 0 Å². The van der Waals surface area contributed by atoms with Gasteiger partial charge in [-0.3, -0.25) is 4.79 Å². The van der Waals surface area contributed by atoms with Gasteiger partial charge in [0.25, 0.3) is 0 Å². The van der Waals surface area contributed by atoms with Crippen LogP contribution in [0.15, 0.2) is 48.5 Å². The number of fused-ring (bicyclic) bond motifs is 1. The first kappa shape index (κ1) is 14.9. The minimum atomic E-state index is -0.678. The number of nitrogens with zero attached hydrogens (tertiary/aromatic N) is 1. The number of hydrogen-bond donors (Lipinski definition) is 1. The van der Waals surface area contributed by atoms with Gasteiger partial charge in [0.1, 0.15) is 11.8 Å². The molecule has 0 fully saturated rings. The van der Waals surface area contributed by atoms with Crippen LogP contribution in [0.25, 0.3) is 10.9 Å². The summed E-state index contributed by atoms with van der Waals surface area (Å²) in [6.45, 7) is 3.58. The number of aromatic nitrogens is 1. The minimum Gasteiger partial charge on any atom is -0.481 e. The predicted octanol–water partition coefficient (Wildman–Crippen LogP) is 4.00. The van der Waals surface area contributed by atoms with Crippen molar-refractivity contribution in [3.63, 3.8) is 0 Å². The molecule has 1 N–H and O–H groups in total. The third-order valence-corrected chi connectivity index (χ3v) is 3.82. The molecule has 0 amide bonds. The third kappa shape index (κ3) is 2.69. The number of para-hydroxylation sites is 2. The average Bonchev–Trinajstić information content (AvgIpc) is 2.90. The zero-order chi connectivity index (χ0) is 16.4. The largest absolute Gasteiger partial charge is 0.481 e. The lowest BCUT2D eigenvalue weighted by molar-refractivity contribution is 0.0819. The van der Waals surface area contributed by atoms with Crippen molar-refractivity contribution in [3.8, 4) is 11.8 Å². The lowest BCUT2D eigenvalue weighted by Crippen LogP contribution is -2.24. The number of Topliss-reactive ketones (excluding diaryl/α,β-unsaturated/α-hetero) is 1. The third-order valence-electron chi connectivity index (χ3n) is 3.82. The van der Waals surface area contributed by atoms with Gasteiger partial charge in [0, 0.05) is 22.2 Å². The first-order valence-electron chi connectivity index (χ1n) is 7.39. The number of rotatable bonds is 4. The summed E-state index contributed by atoms with van der Waals surface area (Å²) in [6.07, 6.45) is -0.678. The Balaban J connectivity index is 1.93. The van der Waals surface area contributed by atoms with E-state index in [0.717, 1.165) is 16.6 Å². The van der Waals surface area contributed by atoms with Crippen LogP contribution in [0, 0.1) is 18.3 Å². The van der Waals surface area contributed by atoms with Crippen LogP contribution in [0.2, 0.25) is 0 Å². The molecule has 0 spiro atoms. The van der Waals surface area contributed by atoms with Gasteiger partial charge in [0.15, 0.2) is 6.10 Å². The number of ketones is 1. The van der Waals surface area contributed by atoms with Gasteiger partial charge in [-0.25, -0.2) is 0 Å². The molecule has 0 saturated heterocycles. The van der Waals surface area contributed by atoms with E-state index in [1.807, 2.05) is 31.2 Å². The van der Waals surface area contributed by atoms with E-state index in [-0.39, 0.29) is 5.78 Å². The number of aromatic amines is 1. The van der Waals surface area contributed by atoms with E-state index in [1.54, 1.807) is 31.2 Å². The highest BCUT2D eigenvalue weighted by atomic mass is 16.5. The summed E-state index contributed by atoms with van der Waals surface area (Å²) in [5, 5.41) is 10.0. The van der Waals surface area contributed by atoms with Crippen molar-refractivity contribution in [3.05, 3.63) is 65.4 Å². The highest BCUT2D eigenvalue weighted by Crippen LogP contribution is 2.25. The molecule has 0 aliphatic carbocycles. The Morgan fingerprint density at radius 2 is 1.87 bits per heavy atom. The van der Waals surface area contributed by atoms with Crippen LogP contribution >= 0.6 is 0 Å². The minimum absolute atomic E-state index is 0.104. The maximum atomic E-state index is 12.8. The van der Waals surface area contributed by atoms with E-state index in [2.05, 4.69) is 11.1 Å². The molecule has 1 aromatic heterocycles. The smallest absolute Gasteiger partial charge is 0.205 e. The zero-order valence-electron chi connectivity index (χ0n) is 13.0. The highest BCUT2D eigenvalue weighted by molar-refractivity contribution is 6.11. The van der Waals surface area contributed by atoms with Crippen LogP contribution in [0.5, 0.6) is 5.75 Å². The Hall–Kier alpha value is -3.06. The van der Waals surface area contributed by atoms with E-state index in [0.29, 0.717) is 16.9 Å². The Morgan fingerprint density at radius 1 is 1.17 bits per heavy atom. The summed E-state index contributed by atoms with van der Waals surface area (Å²) in [7, 11) is 0. The van der Waals surface area contributed by atoms with Gasteiger partial charge in [-0.1, -0.05) is 30.3 Å². The average molecular weight is 304 g/mol. The van der Waals surface area contributed by atoms with Crippen LogP contribution in [-0.4, -0.2) is 16.9 Å². The summed E-state index contributed by atoms with van der Waals surface area (Å²) in [5.41, 5.74) is 2.81. The molecule has 3 aromatic rings. The Bertz CT molecular complexity index is 919. The number of benzene rings is 2. The van der Waals surface area contributed by atoms with Crippen molar-refractivity contribution in [1.29, 1.82) is 5.26 Å². The van der Waals surface area contributed by atoms with Gasteiger partial charge in [0.05, 0.1) is 5.56 Å². The molecule has 0 unspecified atom stereocenters. The van der Waals surface area contributed by atoms with Gasteiger partial charge in [-0.05, 0) is 32.0 Å². The van der Waals surface area contributed by atoms with Crippen LogP contribution in [0.3, 0.4) is 0 Å². The van der Waals surface area contributed by atoms with Crippen LogP contribution < -0.4 is 4.74 Å². The van der Waals surface area contributed by atoms with Crippen molar-refractivity contribution in [2.24, 2.45) is 0 Å². The number of hydrogen-bond acceptors (Lipinski definition) is 3. The van der Waals surface area contributed by atoms with E-state index in [4.69, 9.17) is 10.00 Å². The van der Waals surface area contributed by atoms with Crippen molar-refractivity contribution >= 4 is 16.7 Å². The molecule has 0 aliphatic rings. The summed E-state index contributed by atoms with van der Waals surface area (Å²) >= 11 is 0. The fourth-order valence-corrected chi connectivity index (χ4v) is 2.70. The molecule has 0 bridgehead atoms. The maximum Gasteiger partial charge on any atom is 0.205 e. The van der Waals surface area contributed by atoms with E-state index >= 15 is 0 Å². The fraction of sp³-hybridized carbons (Fsp3) is 0.158. The fourth-order valence-electron chi connectivity index (χ4n) is 2.70. The first-order chi connectivity index (χ1) is 11.1. The van der Waals surface area contributed by atoms with Crippen molar-refractivity contribution < 1.29 is 9.53 Å². The summed E-state index contributed by atoms with van der Waals surface area (Å²) in [4.78, 5) is 16.0. The molecule has 114 valence electrons. The SMILES string of the molecule is Cc1[nH]c2ccccc2c1C(=O)[C@@H](C)Oc1ccccc1C#N. The topological polar surface area (TPSA) is 65.9 Å².